The van der Waals surface area contributed by atoms with Crippen molar-refractivity contribution in [3.8, 4) is 0 Å². The molecule has 0 aromatic carbocycles. The summed E-state index contributed by atoms with van der Waals surface area (Å²) in [5, 5.41) is 0. The van der Waals surface area contributed by atoms with Crippen LogP contribution in [0.3, 0.4) is 0 Å². The summed E-state index contributed by atoms with van der Waals surface area (Å²) < 4.78 is 0. The number of hydrogen-bond donors (Lipinski definition) is 0. The third-order valence-electron chi connectivity index (χ3n) is 3.44. The first-order valence-electron chi connectivity index (χ1n) is 5.23. The van der Waals surface area contributed by atoms with Crippen molar-refractivity contribution in [2.45, 2.75) is 38.7 Å². The lowest BCUT2D eigenvalue weighted by molar-refractivity contribution is -0.131. The normalized spacial score (nSPS) is 33.5. The summed E-state index contributed by atoms with van der Waals surface area (Å²) in [6.45, 7) is 5.81. The number of piperazine rings is 1. The predicted octanol–water partition coefficient (Wildman–Crippen LogP) is 0.0811. The van der Waals surface area contributed by atoms with Gasteiger partial charge in [-0.15, -0.1) is 0 Å². The van der Waals surface area contributed by atoms with Gasteiger partial charge in [-0.05, 0) is 12.8 Å². The van der Waals surface area contributed by atoms with Crippen LogP contribution < -0.4 is 0 Å². The quantitative estimate of drug-likeness (QED) is 0.533. The van der Waals surface area contributed by atoms with Crippen molar-refractivity contribution in [1.29, 1.82) is 0 Å². The third kappa shape index (κ3) is 1.48. The lowest BCUT2D eigenvalue weighted by Crippen LogP contribution is -2.55. The Balaban J connectivity index is 2.06. The van der Waals surface area contributed by atoms with E-state index in [0.29, 0.717) is 12.1 Å². The minimum Gasteiger partial charge on any atom is -0.340 e. The molecule has 13 heavy (non-hydrogen) atoms. The van der Waals surface area contributed by atoms with Crippen molar-refractivity contribution in [3.05, 3.63) is 0 Å². The molecule has 0 aromatic rings. The lowest BCUT2D eigenvalue weighted by Gasteiger charge is -2.40. The first-order valence-corrected chi connectivity index (χ1v) is 5.23. The second-order valence-electron chi connectivity index (χ2n) is 4.14. The molecular weight excluding hydrogens is 163 g/mol. The van der Waals surface area contributed by atoms with Crippen LogP contribution in [-0.2, 0) is 4.79 Å². The summed E-state index contributed by atoms with van der Waals surface area (Å²) in [4.78, 5) is 15.8. The summed E-state index contributed by atoms with van der Waals surface area (Å²) in [6, 6.07) is 1.29. The monoisotopic (exact) mass is 180 g/mol. The average Bonchev–Trinajstić information content (AvgIpc) is 2.34. The summed E-state index contributed by atoms with van der Waals surface area (Å²) in [5.41, 5.74) is 0. The molecule has 2 rings (SSSR count). The zero-order valence-electron chi connectivity index (χ0n) is 8.49. The summed E-state index contributed by atoms with van der Waals surface area (Å²) in [6.07, 6.45) is 2.56. The molecule has 4 heteroatoms. The first kappa shape index (κ1) is 9.07. The first-order chi connectivity index (χ1) is 6.22. The van der Waals surface area contributed by atoms with E-state index in [1.54, 1.807) is 6.92 Å². The maximum absolute atomic E-state index is 11.2. The van der Waals surface area contributed by atoms with Crippen LogP contribution in [0, 0.1) is 0 Å². The smallest absolute Gasteiger partial charge is 0.219 e. The van der Waals surface area contributed by atoms with Gasteiger partial charge in [0.25, 0.3) is 0 Å². The van der Waals surface area contributed by atoms with E-state index >= 15 is 0 Å². The number of nitrogens with zero attached hydrogens (tertiary/aromatic N) is 2. The molecule has 0 spiro atoms. The van der Waals surface area contributed by atoms with E-state index in [-0.39, 0.29) is 5.91 Å². The van der Waals surface area contributed by atoms with Gasteiger partial charge >= 0.3 is 0 Å². The van der Waals surface area contributed by atoms with Gasteiger partial charge in [0.15, 0.2) is 0 Å². The predicted molar refractivity (Wildman–Crippen MR) is 53.9 cm³/mol. The molecule has 72 valence electrons. The highest BCUT2D eigenvalue weighted by molar-refractivity contribution is 6.30. The molecule has 2 bridgehead atoms. The molecule has 3 nitrogen and oxygen atoms in total. The van der Waals surface area contributed by atoms with Crippen LogP contribution in [0.25, 0.3) is 0 Å². The number of hydrogen-bond acceptors (Lipinski definition) is 2. The Morgan fingerprint density at radius 3 is 2.23 bits per heavy atom. The van der Waals surface area contributed by atoms with Crippen LogP contribution in [0.4, 0.5) is 0 Å². The van der Waals surface area contributed by atoms with Gasteiger partial charge in [-0.25, -0.2) is 0 Å². The minimum atomic E-state index is 0.243. The number of rotatable bonds is 1. The standard InChI is InChI=1S/C9H17BN2O/c1-7(13)11-5-8-3-4-9(6-11)12(8)10-2/h8-10H,3-6H2,1-2H3. The number of amides is 1. The Morgan fingerprint density at radius 1 is 1.31 bits per heavy atom. The second kappa shape index (κ2) is 3.33. The fourth-order valence-corrected chi connectivity index (χ4v) is 2.76. The van der Waals surface area contributed by atoms with Crippen LogP contribution in [0.15, 0.2) is 0 Å². The van der Waals surface area contributed by atoms with E-state index in [2.05, 4.69) is 11.6 Å². The summed E-state index contributed by atoms with van der Waals surface area (Å²) in [7, 11) is 1.14. The van der Waals surface area contributed by atoms with E-state index < -0.39 is 0 Å². The molecule has 2 atom stereocenters. The van der Waals surface area contributed by atoms with E-state index in [9.17, 15) is 4.79 Å². The molecule has 2 unspecified atom stereocenters. The van der Waals surface area contributed by atoms with Crippen molar-refractivity contribution in [3.63, 3.8) is 0 Å². The largest absolute Gasteiger partial charge is 0.340 e. The molecular formula is C9H17BN2O. The molecule has 2 saturated heterocycles. The molecule has 2 heterocycles. The number of likely N-dealkylation sites (tertiary alicyclic amines) is 1. The Kier molecular flexibility index (Phi) is 2.32. The van der Waals surface area contributed by atoms with Gasteiger partial charge in [-0.1, -0.05) is 6.82 Å². The Labute approximate surface area is 80.3 Å². The number of carbonyl (C=O) groups is 1. The third-order valence-corrected chi connectivity index (χ3v) is 3.44. The Morgan fingerprint density at radius 2 is 1.85 bits per heavy atom. The Bertz CT molecular complexity index is 208. The van der Waals surface area contributed by atoms with Gasteiger partial charge in [-0.2, -0.15) is 0 Å². The van der Waals surface area contributed by atoms with Crippen LogP contribution in [0.1, 0.15) is 19.8 Å². The highest BCUT2D eigenvalue weighted by atomic mass is 16.2. The maximum atomic E-state index is 11.2. The second-order valence-corrected chi connectivity index (χ2v) is 4.14. The van der Waals surface area contributed by atoms with Gasteiger partial charge in [0.2, 0.25) is 13.3 Å². The SMILES string of the molecule is CBN1C2CCC1CN(C(C)=O)C2. The molecule has 1 amide bonds. The van der Waals surface area contributed by atoms with Crippen molar-refractivity contribution < 1.29 is 4.79 Å². The molecule has 0 aliphatic carbocycles. The molecule has 0 N–H and O–H groups in total. The maximum Gasteiger partial charge on any atom is 0.219 e. The molecule has 0 aromatic heterocycles. The van der Waals surface area contributed by atoms with Crippen LogP contribution in [0.2, 0.25) is 6.82 Å². The zero-order valence-corrected chi connectivity index (χ0v) is 8.49. The van der Waals surface area contributed by atoms with Gasteiger partial charge < -0.3 is 9.71 Å². The average molecular weight is 180 g/mol. The highest BCUT2D eigenvalue weighted by Gasteiger charge is 2.39. The van der Waals surface area contributed by atoms with Crippen LogP contribution in [0.5, 0.6) is 0 Å². The number of carbonyl (C=O) groups excluding carboxylic acids is 1. The number of fused-ring (bicyclic) bond motifs is 2. The molecule has 2 fully saturated rings. The summed E-state index contributed by atoms with van der Waals surface area (Å²) in [5.74, 6) is 0.243. The fraction of sp³-hybridized carbons (Fsp3) is 0.889. The molecule has 0 saturated carbocycles. The van der Waals surface area contributed by atoms with E-state index in [1.165, 1.54) is 12.8 Å². The van der Waals surface area contributed by atoms with E-state index in [4.69, 9.17) is 0 Å². The van der Waals surface area contributed by atoms with Gasteiger partial charge in [-0.3, -0.25) is 4.79 Å². The topological polar surface area (TPSA) is 23.6 Å². The summed E-state index contributed by atoms with van der Waals surface area (Å²) >= 11 is 0. The van der Waals surface area contributed by atoms with Crippen molar-refractivity contribution in [1.82, 2.24) is 9.71 Å². The van der Waals surface area contributed by atoms with Crippen LogP contribution >= 0.6 is 0 Å². The van der Waals surface area contributed by atoms with Gasteiger partial charge in [0, 0.05) is 32.1 Å². The molecule has 2 aliphatic heterocycles. The Hall–Kier alpha value is -0.505. The van der Waals surface area contributed by atoms with Crippen molar-refractivity contribution in [2.24, 2.45) is 0 Å². The molecule has 0 radical (unpaired) electrons. The fourth-order valence-electron chi connectivity index (χ4n) is 2.76. The van der Waals surface area contributed by atoms with E-state index in [1.807, 2.05) is 4.90 Å². The van der Waals surface area contributed by atoms with Gasteiger partial charge in [0.05, 0.1) is 0 Å². The van der Waals surface area contributed by atoms with Crippen LogP contribution in [-0.4, -0.2) is 48.2 Å². The lowest BCUT2D eigenvalue weighted by atomic mass is 9.91. The highest BCUT2D eigenvalue weighted by Crippen LogP contribution is 2.28. The van der Waals surface area contributed by atoms with E-state index in [0.717, 1.165) is 20.5 Å². The molecule has 2 aliphatic rings. The minimum absolute atomic E-state index is 0.243. The van der Waals surface area contributed by atoms with Gasteiger partial charge in [0.1, 0.15) is 0 Å². The van der Waals surface area contributed by atoms with Crippen molar-refractivity contribution >= 4 is 13.3 Å². The zero-order chi connectivity index (χ0) is 9.42. The van der Waals surface area contributed by atoms with Crippen molar-refractivity contribution in [2.75, 3.05) is 13.1 Å².